The predicted molar refractivity (Wildman–Crippen MR) is 73.9 cm³/mol. The van der Waals surface area contributed by atoms with E-state index in [1.165, 1.54) is 5.56 Å². The fraction of sp³-hybridized carbons (Fsp3) is 0. The zero-order valence-electron chi connectivity index (χ0n) is 9.88. The normalized spacial score (nSPS) is 10.2. The number of hydrogen-bond donors (Lipinski definition) is 0. The molecule has 1 heterocycles. The lowest BCUT2D eigenvalue weighted by Gasteiger charge is -2.04. The molecule has 0 spiro atoms. The van der Waals surface area contributed by atoms with Gasteiger partial charge in [-0.1, -0.05) is 60.7 Å². The average molecular weight is 230 g/mol. The van der Waals surface area contributed by atoms with Gasteiger partial charge in [-0.15, -0.1) is 0 Å². The van der Waals surface area contributed by atoms with Gasteiger partial charge in [-0.25, -0.2) is 4.98 Å². The van der Waals surface area contributed by atoms with Crippen molar-refractivity contribution in [3.63, 3.8) is 0 Å². The molecule has 1 aromatic heterocycles. The molecule has 0 bridgehead atoms. The van der Waals surface area contributed by atoms with E-state index >= 15 is 0 Å². The molecule has 3 aromatic rings. The first-order chi connectivity index (χ1) is 8.93. The van der Waals surface area contributed by atoms with Crippen LogP contribution in [0.25, 0.3) is 22.4 Å². The summed E-state index contributed by atoms with van der Waals surface area (Å²) < 4.78 is 0. The Morgan fingerprint density at radius 2 is 1.28 bits per heavy atom. The van der Waals surface area contributed by atoms with Crippen molar-refractivity contribution in [2.45, 2.75) is 0 Å². The predicted octanol–water partition coefficient (Wildman–Crippen LogP) is 4.22. The molecule has 1 radical (unpaired) electrons. The summed E-state index contributed by atoms with van der Waals surface area (Å²) in [6.45, 7) is 0. The summed E-state index contributed by atoms with van der Waals surface area (Å²) in [7, 11) is 0. The molecule has 0 aliphatic carbocycles. The Hall–Kier alpha value is -2.41. The second-order valence-electron chi connectivity index (χ2n) is 4.10. The lowest BCUT2D eigenvalue weighted by molar-refractivity contribution is 1.31. The molecule has 0 atom stereocenters. The zero-order chi connectivity index (χ0) is 12.2. The first kappa shape index (κ1) is 10.7. The van der Waals surface area contributed by atoms with Gasteiger partial charge >= 0.3 is 0 Å². The highest BCUT2D eigenvalue weighted by atomic mass is 14.7. The largest absolute Gasteiger partial charge is 0.246 e. The van der Waals surface area contributed by atoms with Gasteiger partial charge in [0, 0.05) is 5.56 Å². The molecule has 0 fully saturated rings. The van der Waals surface area contributed by atoms with Gasteiger partial charge < -0.3 is 0 Å². The average Bonchev–Trinajstić information content (AvgIpc) is 2.49. The monoisotopic (exact) mass is 230 g/mol. The minimum atomic E-state index is 0.956. The van der Waals surface area contributed by atoms with Gasteiger partial charge in [0.15, 0.2) is 0 Å². The highest BCUT2D eigenvalue weighted by Gasteiger charge is 2.01. The molecule has 18 heavy (non-hydrogen) atoms. The van der Waals surface area contributed by atoms with Crippen LogP contribution in [0, 0.1) is 6.20 Å². The fourth-order valence-electron chi connectivity index (χ4n) is 1.95. The minimum absolute atomic E-state index is 0.956. The van der Waals surface area contributed by atoms with Crippen molar-refractivity contribution in [3.05, 3.63) is 79.0 Å². The van der Waals surface area contributed by atoms with Crippen molar-refractivity contribution in [2.24, 2.45) is 0 Å². The van der Waals surface area contributed by atoms with E-state index in [1.807, 2.05) is 42.5 Å². The van der Waals surface area contributed by atoms with Crippen LogP contribution in [0.5, 0.6) is 0 Å². The molecule has 3 rings (SSSR count). The van der Waals surface area contributed by atoms with Gasteiger partial charge in [-0.2, -0.15) is 0 Å². The van der Waals surface area contributed by atoms with Crippen LogP contribution < -0.4 is 0 Å². The number of benzene rings is 2. The number of nitrogens with zero attached hydrogens (tertiary/aromatic N) is 1. The molecule has 2 aromatic carbocycles. The van der Waals surface area contributed by atoms with Crippen molar-refractivity contribution in [1.82, 2.24) is 4.98 Å². The van der Waals surface area contributed by atoms with Crippen molar-refractivity contribution in [3.8, 4) is 22.4 Å². The Balaban J connectivity index is 2.05. The van der Waals surface area contributed by atoms with Crippen LogP contribution in [0.2, 0.25) is 0 Å². The van der Waals surface area contributed by atoms with Gasteiger partial charge in [0.25, 0.3) is 0 Å². The summed E-state index contributed by atoms with van der Waals surface area (Å²) in [6.07, 6.45) is 2.98. The van der Waals surface area contributed by atoms with Gasteiger partial charge in [0.05, 0.1) is 11.9 Å². The lowest BCUT2D eigenvalue weighted by Crippen LogP contribution is -1.85. The lowest BCUT2D eigenvalue weighted by atomic mass is 10.0. The maximum absolute atomic E-state index is 4.31. The smallest absolute Gasteiger partial charge is 0.0900 e. The Bertz CT molecular complexity index is 575. The van der Waals surface area contributed by atoms with E-state index in [9.17, 15) is 0 Å². The molecule has 85 valence electrons. The Morgan fingerprint density at radius 3 is 1.94 bits per heavy atom. The highest BCUT2D eigenvalue weighted by molar-refractivity contribution is 5.69. The molecule has 0 amide bonds. The Labute approximate surface area is 107 Å². The molecule has 1 heteroatoms. The molecule has 0 saturated heterocycles. The summed E-state index contributed by atoms with van der Waals surface area (Å²) in [5.74, 6) is 0. The van der Waals surface area contributed by atoms with Crippen molar-refractivity contribution in [1.29, 1.82) is 0 Å². The van der Waals surface area contributed by atoms with E-state index in [-0.39, 0.29) is 0 Å². The highest BCUT2D eigenvalue weighted by Crippen LogP contribution is 2.23. The van der Waals surface area contributed by atoms with E-state index in [1.54, 1.807) is 0 Å². The Morgan fingerprint density at radius 1 is 0.667 bits per heavy atom. The van der Waals surface area contributed by atoms with Crippen molar-refractivity contribution < 1.29 is 0 Å². The number of pyridine rings is 1. The quantitative estimate of drug-likeness (QED) is 0.642. The zero-order valence-corrected chi connectivity index (χ0v) is 9.88. The third-order valence-electron chi connectivity index (χ3n) is 2.87. The number of hydrogen-bond acceptors (Lipinski definition) is 1. The second kappa shape index (κ2) is 4.84. The standard InChI is InChI=1S/C17H12N/c1-3-7-14(8-4-1)16-11-12-18-17(13-16)15-9-5-2-6-10-15/h1-11,13H. The van der Waals surface area contributed by atoms with Crippen LogP contribution >= 0.6 is 0 Å². The van der Waals surface area contributed by atoms with Gasteiger partial charge in [-0.05, 0) is 23.3 Å². The molecular weight excluding hydrogens is 218 g/mol. The van der Waals surface area contributed by atoms with Crippen LogP contribution in [-0.2, 0) is 0 Å². The first-order valence-electron chi connectivity index (χ1n) is 5.92. The van der Waals surface area contributed by atoms with E-state index in [0.29, 0.717) is 0 Å². The maximum atomic E-state index is 4.31. The number of rotatable bonds is 2. The summed E-state index contributed by atoms with van der Waals surface area (Å²) >= 11 is 0. The van der Waals surface area contributed by atoms with Gasteiger partial charge in [0.1, 0.15) is 0 Å². The van der Waals surface area contributed by atoms with E-state index in [2.05, 4.69) is 41.5 Å². The molecular formula is C17H12N. The molecule has 0 aliphatic rings. The van der Waals surface area contributed by atoms with Gasteiger partial charge in [-0.3, -0.25) is 0 Å². The summed E-state index contributed by atoms with van der Waals surface area (Å²) in [6, 6.07) is 24.5. The third kappa shape index (κ3) is 2.16. The van der Waals surface area contributed by atoms with Crippen molar-refractivity contribution >= 4 is 0 Å². The molecule has 0 saturated carbocycles. The first-order valence-corrected chi connectivity index (χ1v) is 5.92. The third-order valence-corrected chi connectivity index (χ3v) is 2.87. The maximum Gasteiger partial charge on any atom is 0.0900 e. The molecule has 1 nitrogen and oxygen atoms in total. The summed E-state index contributed by atoms with van der Waals surface area (Å²) in [5, 5.41) is 0. The van der Waals surface area contributed by atoms with Gasteiger partial charge in [0.2, 0.25) is 0 Å². The van der Waals surface area contributed by atoms with Crippen molar-refractivity contribution in [2.75, 3.05) is 0 Å². The van der Waals surface area contributed by atoms with E-state index < -0.39 is 0 Å². The topological polar surface area (TPSA) is 12.9 Å². The summed E-state index contributed by atoms with van der Waals surface area (Å²) in [5.41, 5.74) is 4.40. The van der Waals surface area contributed by atoms with E-state index in [4.69, 9.17) is 0 Å². The molecule has 0 aliphatic heterocycles. The molecule has 0 N–H and O–H groups in total. The van der Waals surface area contributed by atoms with Crippen LogP contribution in [0.4, 0.5) is 0 Å². The van der Waals surface area contributed by atoms with Crippen LogP contribution in [0.15, 0.2) is 72.8 Å². The summed E-state index contributed by atoms with van der Waals surface area (Å²) in [4.78, 5) is 4.31. The SMILES string of the molecule is [c]1cc(-c2ccccc2)cc(-c2ccccc2)n1. The fourth-order valence-corrected chi connectivity index (χ4v) is 1.95. The molecule has 0 unspecified atom stereocenters. The Kier molecular flexibility index (Phi) is 2.89. The van der Waals surface area contributed by atoms with Crippen LogP contribution in [-0.4, -0.2) is 4.98 Å². The number of aromatic nitrogens is 1. The van der Waals surface area contributed by atoms with Crippen LogP contribution in [0.3, 0.4) is 0 Å². The van der Waals surface area contributed by atoms with Crippen LogP contribution in [0.1, 0.15) is 0 Å². The second-order valence-corrected chi connectivity index (χ2v) is 4.10. The minimum Gasteiger partial charge on any atom is -0.246 e. The van der Waals surface area contributed by atoms with E-state index in [0.717, 1.165) is 16.8 Å².